The van der Waals surface area contributed by atoms with Crippen molar-refractivity contribution in [2.75, 3.05) is 26.9 Å². The molecule has 0 saturated carbocycles. The smallest absolute Gasteiger partial charge is 0.0703 e. The molecule has 0 amide bonds. The third kappa shape index (κ3) is 7.17. The van der Waals surface area contributed by atoms with Crippen LogP contribution in [-0.4, -0.2) is 49.7 Å². The summed E-state index contributed by atoms with van der Waals surface area (Å²) in [7, 11) is 1.66. The molecule has 2 atom stereocenters. The first kappa shape index (κ1) is 15.8. The van der Waals surface area contributed by atoms with Crippen molar-refractivity contribution in [2.24, 2.45) is 0 Å². The Balaban J connectivity index is 3.99. The fourth-order valence-electron chi connectivity index (χ4n) is 1.89. The molecule has 0 rings (SSSR count). The number of aliphatic hydroxyl groups excluding tert-OH is 1. The standard InChI is InChI=1S/C12H27NO3/c1-10(2)13-12(4,9-14)8-11(3)16-7-6-15-5/h10-11,13-14H,6-9H2,1-5H3. The third-order valence-electron chi connectivity index (χ3n) is 2.41. The van der Waals surface area contributed by atoms with E-state index >= 15 is 0 Å². The van der Waals surface area contributed by atoms with Gasteiger partial charge in [0.25, 0.3) is 0 Å². The molecule has 4 heteroatoms. The van der Waals surface area contributed by atoms with Crippen molar-refractivity contribution in [1.29, 1.82) is 0 Å². The molecular weight excluding hydrogens is 206 g/mol. The van der Waals surface area contributed by atoms with Crippen molar-refractivity contribution < 1.29 is 14.6 Å². The van der Waals surface area contributed by atoms with Crippen LogP contribution < -0.4 is 5.32 Å². The van der Waals surface area contributed by atoms with Crippen LogP contribution in [0.1, 0.15) is 34.1 Å². The largest absolute Gasteiger partial charge is 0.394 e. The van der Waals surface area contributed by atoms with Crippen LogP contribution in [0.3, 0.4) is 0 Å². The van der Waals surface area contributed by atoms with Crippen LogP contribution in [0, 0.1) is 0 Å². The van der Waals surface area contributed by atoms with Gasteiger partial charge in [-0.05, 0) is 20.3 Å². The number of methoxy groups -OCH3 is 1. The lowest BCUT2D eigenvalue weighted by Gasteiger charge is -2.33. The molecule has 0 aromatic rings. The molecule has 0 aromatic heterocycles. The molecule has 2 N–H and O–H groups in total. The highest BCUT2D eigenvalue weighted by Gasteiger charge is 2.26. The number of aliphatic hydroxyl groups is 1. The van der Waals surface area contributed by atoms with Gasteiger partial charge in [-0.15, -0.1) is 0 Å². The Kier molecular flexibility index (Phi) is 7.93. The maximum atomic E-state index is 9.41. The lowest BCUT2D eigenvalue weighted by atomic mass is 9.95. The number of ether oxygens (including phenoxy) is 2. The molecule has 2 unspecified atom stereocenters. The highest BCUT2D eigenvalue weighted by atomic mass is 16.5. The molecule has 0 bridgehead atoms. The van der Waals surface area contributed by atoms with E-state index in [9.17, 15) is 5.11 Å². The van der Waals surface area contributed by atoms with Crippen LogP contribution in [-0.2, 0) is 9.47 Å². The molecule has 0 aliphatic rings. The molecule has 0 aliphatic carbocycles. The number of rotatable bonds is 9. The number of nitrogens with one attached hydrogen (secondary N) is 1. The first-order chi connectivity index (χ1) is 7.43. The molecule has 0 radical (unpaired) electrons. The lowest BCUT2D eigenvalue weighted by molar-refractivity contribution is 0.00131. The lowest BCUT2D eigenvalue weighted by Crippen LogP contribution is -2.51. The summed E-state index contributed by atoms with van der Waals surface area (Å²) in [5.74, 6) is 0. The van der Waals surface area contributed by atoms with Crippen LogP contribution in [0.15, 0.2) is 0 Å². The Hall–Kier alpha value is -0.160. The summed E-state index contributed by atoms with van der Waals surface area (Å²) in [4.78, 5) is 0. The maximum Gasteiger partial charge on any atom is 0.0703 e. The maximum absolute atomic E-state index is 9.41. The minimum absolute atomic E-state index is 0.110. The van der Waals surface area contributed by atoms with Crippen molar-refractivity contribution in [3.05, 3.63) is 0 Å². The predicted octanol–water partition coefficient (Wildman–Crippen LogP) is 1.18. The Morgan fingerprint density at radius 2 is 1.88 bits per heavy atom. The second-order valence-electron chi connectivity index (χ2n) is 4.90. The van der Waals surface area contributed by atoms with Crippen LogP contribution in [0.4, 0.5) is 0 Å². The van der Waals surface area contributed by atoms with E-state index in [-0.39, 0.29) is 18.2 Å². The Morgan fingerprint density at radius 1 is 1.25 bits per heavy atom. The van der Waals surface area contributed by atoms with Gasteiger partial charge in [-0.2, -0.15) is 0 Å². The Morgan fingerprint density at radius 3 is 2.31 bits per heavy atom. The molecule has 0 heterocycles. The van der Waals surface area contributed by atoms with Gasteiger partial charge in [-0.1, -0.05) is 13.8 Å². The molecule has 0 saturated heterocycles. The minimum atomic E-state index is -0.277. The zero-order chi connectivity index (χ0) is 12.6. The average Bonchev–Trinajstić information content (AvgIpc) is 2.16. The van der Waals surface area contributed by atoms with Gasteiger partial charge < -0.3 is 19.9 Å². The van der Waals surface area contributed by atoms with Gasteiger partial charge in [0.05, 0.1) is 25.9 Å². The van der Waals surface area contributed by atoms with Crippen LogP contribution in [0.25, 0.3) is 0 Å². The predicted molar refractivity (Wildman–Crippen MR) is 65.7 cm³/mol. The average molecular weight is 233 g/mol. The van der Waals surface area contributed by atoms with Crippen molar-refractivity contribution in [3.63, 3.8) is 0 Å². The van der Waals surface area contributed by atoms with Crippen molar-refractivity contribution in [2.45, 2.75) is 51.8 Å². The van der Waals surface area contributed by atoms with E-state index in [0.29, 0.717) is 19.3 Å². The van der Waals surface area contributed by atoms with E-state index in [0.717, 1.165) is 6.42 Å². The fourth-order valence-corrected chi connectivity index (χ4v) is 1.89. The first-order valence-corrected chi connectivity index (χ1v) is 5.92. The van der Waals surface area contributed by atoms with Crippen LogP contribution in [0.2, 0.25) is 0 Å². The molecule has 0 spiro atoms. The molecular formula is C12H27NO3. The summed E-state index contributed by atoms with van der Waals surface area (Å²) in [6.07, 6.45) is 0.893. The summed E-state index contributed by atoms with van der Waals surface area (Å²) in [6, 6.07) is 0.350. The normalized spacial score (nSPS) is 17.4. The van der Waals surface area contributed by atoms with Gasteiger partial charge >= 0.3 is 0 Å². The highest BCUT2D eigenvalue weighted by molar-refractivity contribution is 4.85. The summed E-state index contributed by atoms with van der Waals surface area (Å²) in [5.41, 5.74) is -0.277. The third-order valence-corrected chi connectivity index (χ3v) is 2.41. The quantitative estimate of drug-likeness (QED) is 0.587. The Labute approximate surface area is 99.3 Å². The van der Waals surface area contributed by atoms with Crippen molar-refractivity contribution in [1.82, 2.24) is 5.32 Å². The van der Waals surface area contributed by atoms with E-state index in [1.807, 2.05) is 13.8 Å². The van der Waals surface area contributed by atoms with E-state index in [1.54, 1.807) is 7.11 Å². The van der Waals surface area contributed by atoms with Crippen molar-refractivity contribution >= 4 is 0 Å². The zero-order valence-electron chi connectivity index (χ0n) is 11.2. The SMILES string of the molecule is COCCOC(C)CC(C)(CO)NC(C)C. The monoisotopic (exact) mass is 233 g/mol. The van der Waals surface area contributed by atoms with Gasteiger partial charge in [0.15, 0.2) is 0 Å². The minimum Gasteiger partial charge on any atom is -0.394 e. The van der Waals surface area contributed by atoms with E-state index in [2.05, 4.69) is 19.2 Å². The van der Waals surface area contributed by atoms with Crippen LogP contribution >= 0.6 is 0 Å². The highest BCUT2D eigenvalue weighted by Crippen LogP contribution is 2.15. The van der Waals surface area contributed by atoms with Crippen molar-refractivity contribution in [3.8, 4) is 0 Å². The Bertz CT molecular complexity index is 176. The second kappa shape index (κ2) is 8.01. The summed E-state index contributed by atoms with van der Waals surface area (Å²) < 4.78 is 10.5. The van der Waals surface area contributed by atoms with Crippen LogP contribution in [0.5, 0.6) is 0 Å². The number of hydrogen-bond donors (Lipinski definition) is 2. The molecule has 4 nitrogen and oxygen atoms in total. The number of hydrogen-bond acceptors (Lipinski definition) is 4. The van der Waals surface area contributed by atoms with Gasteiger partial charge in [0.2, 0.25) is 0 Å². The summed E-state index contributed by atoms with van der Waals surface area (Å²) in [5, 5.41) is 12.8. The molecule has 16 heavy (non-hydrogen) atoms. The van der Waals surface area contributed by atoms with Gasteiger partial charge in [-0.3, -0.25) is 0 Å². The second-order valence-corrected chi connectivity index (χ2v) is 4.90. The summed E-state index contributed by atoms with van der Waals surface area (Å²) >= 11 is 0. The topological polar surface area (TPSA) is 50.7 Å². The first-order valence-electron chi connectivity index (χ1n) is 5.92. The van der Waals surface area contributed by atoms with Gasteiger partial charge in [0.1, 0.15) is 0 Å². The molecule has 0 fully saturated rings. The zero-order valence-corrected chi connectivity index (χ0v) is 11.2. The molecule has 0 aromatic carbocycles. The van der Waals surface area contributed by atoms with E-state index in [4.69, 9.17) is 9.47 Å². The van der Waals surface area contributed by atoms with Gasteiger partial charge in [0, 0.05) is 18.7 Å². The van der Waals surface area contributed by atoms with E-state index in [1.165, 1.54) is 0 Å². The molecule has 98 valence electrons. The summed E-state index contributed by atoms with van der Waals surface area (Å²) in [6.45, 7) is 9.51. The fraction of sp³-hybridized carbons (Fsp3) is 1.00. The van der Waals surface area contributed by atoms with Gasteiger partial charge in [-0.25, -0.2) is 0 Å². The van der Waals surface area contributed by atoms with E-state index < -0.39 is 0 Å². The molecule has 0 aliphatic heterocycles.